The van der Waals surface area contributed by atoms with Crippen molar-refractivity contribution in [3.63, 3.8) is 0 Å². The summed E-state index contributed by atoms with van der Waals surface area (Å²) in [7, 11) is -3.52. The number of hydrogen-bond donors (Lipinski definition) is 0. The lowest BCUT2D eigenvalue weighted by Gasteiger charge is -2.28. The van der Waals surface area contributed by atoms with Crippen LogP contribution in [0.3, 0.4) is 0 Å². The Morgan fingerprint density at radius 2 is 1.83 bits per heavy atom. The van der Waals surface area contributed by atoms with Crippen molar-refractivity contribution in [1.82, 2.24) is 4.31 Å². The van der Waals surface area contributed by atoms with Gasteiger partial charge >= 0.3 is 0 Å². The molecular weight excluding hydrogens is 306 g/mol. The van der Waals surface area contributed by atoms with Crippen LogP contribution in [-0.2, 0) is 10.0 Å². The van der Waals surface area contributed by atoms with Gasteiger partial charge in [0.05, 0.1) is 10.6 Å². The van der Waals surface area contributed by atoms with Gasteiger partial charge in [0.1, 0.15) is 0 Å². The monoisotopic (exact) mass is 329 g/mol. The van der Waals surface area contributed by atoms with Crippen LogP contribution in [0.25, 0.3) is 0 Å². The fourth-order valence-electron chi connectivity index (χ4n) is 3.08. The van der Waals surface area contributed by atoms with E-state index in [-0.39, 0.29) is 0 Å². The highest BCUT2D eigenvalue weighted by Gasteiger charge is 2.28. The van der Waals surface area contributed by atoms with Crippen molar-refractivity contribution in [1.29, 1.82) is 0 Å². The maximum absolute atomic E-state index is 13.1. The molecule has 0 unspecified atom stereocenters. The van der Waals surface area contributed by atoms with E-state index in [1.165, 1.54) is 12.0 Å². The minimum atomic E-state index is -3.52. The van der Waals surface area contributed by atoms with Crippen molar-refractivity contribution in [3.05, 3.63) is 65.4 Å². The third-order valence-electron chi connectivity index (χ3n) is 4.39. The van der Waals surface area contributed by atoms with Gasteiger partial charge in [-0.3, -0.25) is 4.31 Å². The molecule has 0 saturated heterocycles. The summed E-state index contributed by atoms with van der Waals surface area (Å²) in [6.45, 7) is 2.46. The summed E-state index contributed by atoms with van der Waals surface area (Å²) in [5.41, 5.74) is 3.07. The highest BCUT2D eigenvalue weighted by molar-refractivity contribution is 7.89. The van der Waals surface area contributed by atoms with Crippen LogP contribution in [0.15, 0.2) is 64.7 Å². The van der Waals surface area contributed by atoms with Gasteiger partial charge in [-0.05, 0) is 62.8 Å². The first-order valence-electron chi connectivity index (χ1n) is 8.25. The molecule has 0 fully saturated rings. The first kappa shape index (κ1) is 16.1. The highest BCUT2D eigenvalue weighted by Crippen LogP contribution is 2.31. The summed E-state index contributed by atoms with van der Waals surface area (Å²) < 4.78 is 27.9. The quantitative estimate of drug-likeness (QED) is 0.827. The smallest absolute Gasteiger partial charge is 0.264 e. The van der Waals surface area contributed by atoms with E-state index < -0.39 is 10.0 Å². The SMILES string of the molecule is Cc1ccc(S(=O)(=O)N2CCC=CC=C2C2=CCCCC2)cc1. The maximum Gasteiger partial charge on any atom is 0.264 e. The molecule has 2 aliphatic rings. The number of allylic oxidation sites excluding steroid dienone is 4. The van der Waals surface area contributed by atoms with E-state index in [0.717, 1.165) is 36.9 Å². The first-order valence-corrected chi connectivity index (χ1v) is 9.69. The lowest BCUT2D eigenvalue weighted by Crippen LogP contribution is -2.32. The minimum Gasteiger partial charge on any atom is -0.266 e. The molecule has 0 atom stereocenters. The summed E-state index contributed by atoms with van der Waals surface area (Å²) >= 11 is 0. The summed E-state index contributed by atoms with van der Waals surface area (Å²) in [6, 6.07) is 7.12. The van der Waals surface area contributed by atoms with Crippen LogP contribution in [0, 0.1) is 6.92 Å². The molecule has 23 heavy (non-hydrogen) atoms. The van der Waals surface area contributed by atoms with Crippen molar-refractivity contribution in [2.75, 3.05) is 6.54 Å². The van der Waals surface area contributed by atoms with Crippen LogP contribution in [-0.4, -0.2) is 19.3 Å². The van der Waals surface area contributed by atoms with Crippen LogP contribution >= 0.6 is 0 Å². The molecule has 1 aromatic rings. The Labute approximate surface area is 139 Å². The summed E-state index contributed by atoms with van der Waals surface area (Å²) in [4.78, 5) is 0.368. The molecule has 1 aliphatic carbocycles. The lowest BCUT2D eigenvalue weighted by molar-refractivity contribution is 0.480. The van der Waals surface area contributed by atoms with Crippen LogP contribution in [0.2, 0.25) is 0 Å². The second-order valence-electron chi connectivity index (χ2n) is 6.13. The van der Waals surface area contributed by atoms with Gasteiger partial charge in [0.15, 0.2) is 0 Å². The molecule has 3 rings (SSSR count). The number of nitrogens with zero attached hydrogens (tertiary/aromatic N) is 1. The number of hydrogen-bond acceptors (Lipinski definition) is 2. The van der Waals surface area contributed by atoms with E-state index in [9.17, 15) is 8.42 Å². The topological polar surface area (TPSA) is 37.4 Å². The Bertz CT molecular complexity index is 755. The van der Waals surface area contributed by atoms with Gasteiger partial charge in [0, 0.05) is 6.54 Å². The second-order valence-corrected chi connectivity index (χ2v) is 8.00. The molecule has 3 nitrogen and oxygen atoms in total. The lowest BCUT2D eigenvalue weighted by atomic mass is 9.97. The number of benzene rings is 1. The van der Waals surface area contributed by atoms with Crippen molar-refractivity contribution in [2.45, 2.75) is 43.9 Å². The molecule has 1 aromatic carbocycles. The van der Waals surface area contributed by atoms with Crippen LogP contribution in [0.1, 0.15) is 37.7 Å². The Morgan fingerprint density at radius 1 is 1.04 bits per heavy atom. The van der Waals surface area contributed by atoms with Crippen molar-refractivity contribution in [3.8, 4) is 0 Å². The molecule has 0 radical (unpaired) electrons. The molecule has 0 aromatic heterocycles. The second kappa shape index (κ2) is 6.75. The molecule has 4 heteroatoms. The third-order valence-corrected chi connectivity index (χ3v) is 6.21. The molecule has 0 N–H and O–H groups in total. The highest BCUT2D eigenvalue weighted by atomic mass is 32.2. The maximum atomic E-state index is 13.1. The van der Waals surface area contributed by atoms with E-state index in [1.807, 2.05) is 37.3 Å². The van der Waals surface area contributed by atoms with Crippen LogP contribution in [0.4, 0.5) is 0 Å². The molecular formula is C19H23NO2S. The zero-order chi connectivity index (χ0) is 16.3. The Balaban J connectivity index is 2.00. The van der Waals surface area contributed by atoms with Gasteiger partial charge in [0.25, 0.3) is 10.0 Å². The normalized spacial score (nSPS) is 19.1. The van der Waals surface area contributed by atoms with Crippen LogP contribution in [0.5, 0.6) is 0 Å². The van der Waals surface area contributed by atoms with Crippen molar-refractivity contribution < 1.29 is 8.42 Å². The van der Waals surface area contributed by atoms with E-state index in [2.05, 4.69) is 6.08 Å². The summed E-state index contributed by atoms with van der Waals surface area (Å²) in [5.74, 6) is 0. The zero-order valence-corrected chi connectivity index (χ0v) is 14.3. The van der Waals surface area contributed by atoms with Gasteiger partial charge in [0.2, 0.25) is 0 Å². The van der Waals surface area contributed by atoms with Gasteiger partial charge in [-0.25, -0.2) is 8.42 Å². The fraction of sp³-hybridized carbons (Fsp3) is 0.368. The summed E-state index contributed by atoms with van der Waals surface area (Å²) in [6.07, 6.45) is 13.2. The van der Waals surface area contributed by atoms with Gasteiger partial charge in [-0.2, -0.15) is 0 Å². The summed E-state index contributed by atoms with van der Waals surface area (Å²) in [5, 5.41) is 0. The first-order chi connectivity index (χ1) is 11.1. The fourth-order valence-corrected chi connectivity index (χ4v) is 4.59. The predicted molar refractivity (Wildman–Crippen MR) is 93.5 cm³/mol. The molecule has 0 bridgehead atoms. The number of sulfonamides is 1. The standard InChI is InChI=1S/C19H23NO2S/c1-16-11-13-18(14-12-16)23(21,22)20-15-7-3-6-10-19(20)17-8-4-2-5-9-17/h3,6,8,10-14H,2,4-5,7,9,15H2,1H3. The van der Waals surface area contributed by atoms with Crippen molar-refractivity contribution >= 4 is 10.0 Å². The Morgan fingerprint density at radius 3 is 2.52 bits per heavy atom. The number of aryl methyl sites for hydroxylation is 1. The molecule has 0 spiro atoms. The Kier molecular flexibility index (Phi) is 4.71. The van der Waals surface area contributed by atoms with E-state index in [1.54, 1.807) is 16.4 Å². The van der Waals surface area contributed by atoms with E-state index in [0.29, 0.717) is 11.4 Å². The molecule has 1 aliphatic heterocycles. The van der Waals surface area contributed by atoms with Gasteiger partial charge < -0.3 is 0 Å². The average Bonchev–Trinajstić information content (AvgIpc) is 2.82. The largest absolute Gasteiger partial charge is 0.266 e. The van der Waals surface area contributed by atoms with Crippen LogP contribution < -0.4 is 0 Å². The van der Waals surface area contributed by atoms with Crippen molar-refractivity contribution in [2.24, 2.45) is 0 Å². The minimum absolute atomic E-state index is 0.368. The average molecular weight is 329 g/mol. The molecule has 1 heterocycles. The van der Waals surface area contributed by atoms with E-state index >= 15 is 0 Å². The number of rotatable bonds is 3. The zero-order valence-electron chi connectivity index (χ0n) is 13.5. The van der Waals surface area contributed by atoms with Gasteiger partial charge in [-0.15, -0.1) is 0 Å². The molecule has 122 valence electrons. The van der Waals surface area contributed by atoms with E-state index in [4.69, 9.17) is 0 Å². The van der Waals surface area contributed by atoms with Gasteiger partial charge in [-0.1, -0.05) is 35.9 Å². The Hall–Kier alpha value is -1.81. The molecule has 0 amide bonds. The molecule has 0 saturated carbocycles. The predicted octanol–water partition coefficient (Wildman–Crippen LogP) is 4.33. The third kappa shape index (κ3) is 3.42.